The van der Waals surface area contributed by atoms with Gasteiger partial charge >= 0.3 is 5.97 Å². The third kappa shape index (κ3) is 5.30. The Hall–Kier alpha value is -4.57. The van der Waals surface area contributed by atoms with Gasteiger partial charge in [0, 0.05) is 23.3 Å². The molecule has 3 heterocycles. The molecular formula is C31H29N3O6S. The molecule has 9 nitrogen and oxygen atoms in total. The van der Waals surface area contributed by atoms with Gasteiger partial charge in [0.05, 0.1) is 33.4 Å². The van der Waals surface area contributed by atoms with E-state index >= 15 is 0 Å². The topological polar surface area (TPSA) is 117 Å². The van der Waals surface area contributed by atoms with Gasteiger partial charge in [-0.25, -0.2) is 9.79 Å². The van der Waals surface area contributed by atoms with E-state index in [9.17, 15) is 19.7 Å². The van der Waals surface area contributed by atoms with Crippen LogP contribution in [0.15, 0.2) is 80.1 Å². The zero-order valence-corrected chi connectivity index (χ0v) is 24.2. The summed E-state index contributed by atoms with van der Waals surface area (Å²) in [5.41, 5.74) is 3.54. The summed E-state index contributed by atoms with van der Waals surface area (Å²) in [6.45, 7) is 9.57. The van der Waals surface area contributed by atoms with Crippen LogP contribution in [0.5, 0.6) is 0 Å². The summed E-state index contributed by atoms with van der Waals surface area (Å²) in [4.78, 5) is 42.9. The normalized spacial score (nSPS) is 15.2. The highest BCUT2D eigenvalue weighted by Crippen LogP contribution is 2.32. The second-order valence-corrected chi connectivity index (χ2v) is 11.1. The number of esters is 1. The smallest absolute Gasteiger partial charge is 0.338 e. The second kappa shape index (κ2) is 11.1. The van der Waals surface area contributed by atoms with Gasteiger partial charge in [0.25, 0.3) is 11.2 Å². The van der Waals surface area contributed by atoms with Crippen molar-refractivity contribution < 1.29 is 18.9 Å². The quantitative estimate of drug-likeness (QED) is 0.167. The van der Waals surface area contributed by atoms with Gasteiger partial charge in [0.15, 0.2) is 4.80 Å². The molecule has 1 atom stereocenters. The Morgan fingerprint density at radius 2 is 1.90 bits per heavy atom. The Morgan fingerprint density at radius 3 is 2.56 bits per heavy atom. The van der Waals surface area contributed by atoms with Crippen LogP contribution in [0.25, 0.3) is 17.4 Å². The lowest BCUT2D eigenvalue weighted by Crippen LogP contribution is -2.39. The van der Waals surface area contributed by atoms with E-state index in [4.69, 9.17) is 9.15 Å². The van der Waals surface area contributed by atoms with E-state index in [1.807, 2.05) is 24.3 Å². The molecule has 0 radical (unpaired) electrons. The van der Waals surface area contributed by atoms with E-state index in [0.29, 0.717) is 49.2 Å². The Bertz CT molecular complexity index is 1880. The van der Waals surface area contributed by atoms with Gasteiger partial charge in [-0.3, -0.25) is 19.5 Å². The molecule has 41 heavy (non-hydrogen) atoms. The fraction of sp³-hybridized carbons (Fsp3) is 0.258. The SMILES string of the molecule is CCOC(=O)C1=C(C)N=c2s/c(=C\c3ccc(-c4ccc(C)c([N+](=O)[O-])c4)o3)c(=O)n2C1c1ccc(C(C)C)cc1. The first-order valence-corrected chi connectivity index (χ1v) is 14.1. The Labute approximate surface area is 239 Å². The number of benzene rings is 2. The number of nitro benzene ring substituents is 1. The van der Waals surface area contributed by atoms with E-state index in [1.165, 1.54) is 22.0 Å². The number of nitrogens with zero attached hydrogens (tertiary/aromatic N) is 3. The first kappa shape index (κ1) is 28.0. The van der Waals surface area contributed by atoms with Crippen molar-refractivity contribution in [3.05, 3.63) is 118 Å². The summed E-state index contributed by atoms with van der Waals surface area (Å²) in [5.74, 6) is 0.671. The van der Waals surface area contributed by atoms with Crippen molar-refractivity contribution in [3.8, 4) is 11.3 Å². The summed E-state index contributed by atoms with van der Waals surface area (Å²) < 4.78 is 13.2. The van der Waals surface area contributed by atoms with Gasteiger partial charge in [-0.2, -0.15) is 0 Å². The van der Waals surface area contributed by atoms with Crippen LogP contribution in [-0.4, -0.2) is 22.1 Å². The van der Waals surface area contributed by atoms with Gasteiger partial charge in [0.2, 0.25) is 0 Å². The molecule has 1 aliphatic rings. The van der Waals surface area contributed by atoms with Crippen molar-refractivity contribution in [1.29, 1.82) is 0 Å². The molecule has 0 spiro atoms. The van der Waals surface area contributed by atoms with Crippen LogP contribution in [0.3, 0.4) is 0 Å². The zero-order valence-electron chi connectivity index (χ0n) is 23.3. The number of ether oxygens (including phenoxy) is 1. The molecule has 0 bridgehead atoms. The lowest BCUT2D eigenvalue weighted by Gasteiger charge is -2.25. The molecule has 0 aliphatic carbocycles. The molecule has 1 aliphatic heterocycles. The number of aromatic nitrogens is 1. The Balaban J connectivity index is 1.61. The fourth-order valence-corrected chi connectivity index (χ4v) is 5.87. The number of carbonyl (C=O) groups is 1. The summed E-state index contributed by atoms with van der Waals surface area (Å²) >= 11 is 1.20. The maximum absolute atomic E-state index is 13.8. The van der Waals surface area contributed by atoms with E-state index in [1.54, 1.807) is 51.1 Å². The molecule has 0 saturated carbocycles. The number of furan rings is 1. The van der Waals surface area contributed by atoms with Crippen LogP contribution < -0.4 is 14.9 Å². The molecule has 10 heteroatoms. The number of hydrogen-bond donors (Lipinski definition) is 0. The molecule has 2 aromatic carbocycles. The summed E-state index contributed by atoms with van der Waals surface area (Å²) in [6, 6.07) is 15.5. The van der Waals surface area contributed by atoms with Gasteiger partial charge in [-0.05, 0) is 49.9 Å². The van der Waals surface area contributed by atoms with Crippen molar-refractivity contribution in [1.82, 2.24) is 4.57 Å². The molecule has 0 saturated heterocycles. The van der Waals surface area contributed by atoms with E-state index in [2.05, 4.69) is 18.8 Å². The lowest BCUT2D eigenvalue weighted by atomic mass is 9.93. The zero-order chi connectivity index (χ0) is 29.4. The monoisotopic (exact) mass is 571 g/mol. The number of aryl methyl sites for hydroxylation is 1. The maximum Gasteiger partial charge on any atom is 0.338 e. The number of rotatable bonds is 7. The third-order valence-corrected chi connectivity index (χ3v) is 8.01. The van der Waals surface area contributed by atoms with E-state index in [0.717, 1.165) is 11.1 Å². The molecule has 0 N–H and O–H groups in total. The highest BCUT2D eigenvalue weighted by Gasteiger charge is 2.33. The average molecular weight is 572 g/mol. The van der Waals surface area contributed by atoms with Crippen LogP contribution in [0.1, 0.15) is 62.1 Å². The second-order valence-electron chi connectivity index (χ2n) is 10.1. The number of fused-ring (bicyclic) bond motifs is 1. The average Bonchev–Trinajstić information content (AvgIpc) is 3.52. The van der Waals surface area contributed by atoms with E-state index in [-0.39, 0.29) is 17.9 Å². The predicted molar refractivity (Wildman–Crippen MR) is 156 cm³/mol. The van der Waals surface area contributed by atoms with Gasteiger partial charge < -0.3 is 9.15 Å². The predicted octanol–water partition coefficient (Wildman–Crippen LogP) is 5.40. The molecule has 1 unspecified atom stereocenters. The van der Waals surface area contributed by atoms with Crippen molar-refractivity contribution in [2.24, 2.45) is 4.99 Å². The first-order chi connectivity index (χ1) is 19.6. The van der Waals surface area contributed by atoms with Crippen LogP contribution in [0.4, 0.5) is 5.69 Å². The van der Waals surface area contributed by atoms with Crippen molar-refractivity contribution in [3.63, 3.8) is 0 Å². The van der Waals surface area contributed by atoms with Gasteiger partial charge in [-0.1, -0.05) is 61.6 Å². The van der Waals surface area contributed by atoms with Gasteiger partial charge in [0.1, 0.15) is 11.5 Å². The Kier molecular flexibility index (Phi) is 7.59. The highest BCUT2D eigenvalue weighted by molar-refractivity contribution is 7.07. The molecule has 5 rings (SSSR count). The minimum absolute atomic E-state index is 0.00274. The van der Waals surface area contributed by atoms with Gasteiger partial charge in [-0.15, -0.1) is 0 Å². The standard InChI is InChI=1S/C31H29N3O6S/c1-6-39-30(36)27-19(5)32-31-33(28(27)21-11-9-20(10-12-21)17(2)3)29(35)26(41-31)16-23-13-14-25(40-23)22-8-7-18(4)24(15-22)34(37)38/h7-17,28H,6H2,1-5H3/b26-16-. The largest absolute Gasteiger partial charge is 0.463 e. The number of carbonyl (C=O) groups excluding carboxylic acids is 1. The summed E-state index contributed by atoms with van der Waals surface area (Å²) in [6.07, 6.45) is 1.62. The van der Waals surface area contributed by atoms with Crippen molar-refractivity contribution in [2.45, 2.75) is 46.6 Å². The van der Waals surface area contributed by atoms with Crippen molar-refractivity contribution in [2.75, 3.05) is 6.61 Å². The maximum atomic E-state index is 13.8. The number of allylic oxidation sites excluding steroid dienone is 1. The fourth-order valence-electron chi connectivity index (χ4n) is 4.84. The van der Waals surface area contributed by atoms with E-state index < -0.39 is 16.9 Å². The molecule has 0 amide bonds. The summed E-state index contributed by atoms with van der Waals surface area (Å²) in [7, 11) is 0. The van der Waals surface area contributed by atoms with Crippen LogP contribution in [-0.2, 0) is 9.53 Å². The molecule has 210 valence electrons. The number of thiazole rings is 1. The highest BCUT2D eigenvalue weighted by atomic mass is 32.1. The molecule has 0 fully saturated rings. The van der Waals surface area contributed by atoms with Crippen LogP contribution in [0, 0.1) is 17.0 Å². The first-order valence-electron chi connectivity index (χ1n) is 13.2. The molecular weight excluding hydrogens is 542 g/mol. The summed E-state index contributed by atoms with van der Waals surface area (Å²) in [5, 5.41) is 11.4. The molecule has 4 aromatic rings. The van der Waals surface area contributed by atoms with Crippen LogP contribution >= 0.6 is 11.3 Å². The van der Waals surface area contributed by atoms with Crippen LogP contribution in [0.2, 0.25) is 0 Å². The molecule has 2 aromatic heterocycles. The minimum atomic E-state index is -0.700. The lowest BCUT2D eigenvalue weighted by molar-refractivity contribution is -0.385. The minimum Gasteiger partial charge on any atom is -0.463 e. The Morgan fingerprint density at radius 1 is 1.17 bits per heavy atom. The number of nitro groups is 1. The van der Waals surface area contributed by atoms with Crippen molar-refractivity contribution >= 4 is 29.1 Å². The number of hydrogen-bond acceptors (Lipinski definition) is 8. The third-order valence-electron chi connectivity index (χ3n) is 7.03.